The average Bonchev–Trinajstić information content (AvgIpc) is 3.47. The van der Waals surface area contributed by atoms with Crippen LogP contribution in [0.3, 0.4) is 0 Å². The van der Waals surface area contributed by atoms with Gasteiger partial charge >= 0.3 is 11.5 Å². The fourth-order valence-corrected chi connectivity index (χ4v) is 7.83. The molecule has 1 aliphatic carbocycles. The number of piperidine rings is 1. The van der Waals surface area contributed by atoms with E-state index in [1.165, 1.54) is 43.3 Å². The number of esters is 1. The van der Waals surface area contributed by atoms with Crippen molar-refractivity contribution < 1.29 is 44.9 Å². The number of ether oxygens (including phenoxy) is 2. The molecule has 1 saturated carbocycles. The molecule has 3 unspecified atom stereocenters. The third kappa shape index (κ3) is 6.47. The number of hydrogen-bond donors (Lipinski definition) is 0. The maximum Gasteiger partial charge on any atom is 0.485 e. The third-order valence-electron chi connectivity index (χ3n) is 9.77. The summed E-state index contributed by atoms with van der Waals surface area (Å²) in [6.45, 7) is 2.62. The van der Waals surface area contributed by atoms with E-state index in [1.807, 2.05) is 60.7 Å². The van der Waals surface area contributed by atoms with Gasteiger partial charge in [-0.05, 0) is 29.9 Å². The molecule has 2 aromatic carbocycles. The Labute approximate surface area is 255 Å². The Morgan fingerprint density at radius 3 is 1.72 bits per heavy atom. The zero-order valence-electron chi connectivity index (χ0n) is 23.8. The van der Waals surface area contributed by atoms with Gasteiger partial charge in [-0.15, -0.1) is 0 Å². The molecule has 6 rings (SSSR count). The number of quaternary nitrogens is 1. The Balaban J connectivity index is 0.000000407. The Bertz CT molecular complexity index is 1300. The van der Waals surface area contributed by atoms with E-state index in [1.54, 1.807) is 0 Å². The Morgan fingerprint density at radius 2 is 1.33 bits per heavy atom. The molecule has 3 aliphatic heterocycles. The van der Waals surface area contributed by atoms with E-state index < -0.39 is 26.8 Å². The monoisotopic (exact) mass is 643 g/mol. The van der Waals surface area contributed by atoms with Crippen molar-refractivity contribution in [3.8, 4) is 0 Å². The maximum absolute atomic E-state index is 14.3. The van der Waals surface area contributed by atoms with Gasteiger partial charge < -0.3 is 18.5 Å². The van der Waals surface area contributed by atoms with Gasteiger partial charge in [-0.2, -0.15) is 13.2 Å². The SMILES string of the molecule is O=C(OC1CC2CCC(C1)[N+]21CCCC1)C(OC(Cl)C1CCC1)(c1ccccc1)c1ccccc1.O=S(=O)([O-])C(F)(F)F. The van der Waals surface area contributed by atoms with Crippen LogP contribution in [0, 0.1) is 5.92 Å². The van der Waals surface area contributed by atoms with Crippen molar-refractivity contribution in [1.82, 2.24) is 0 Å². The summed E-state index contributed by atoms with van der Waals surface area (Å²) in [5.74, 6) is -0.0551. The number of nitrogens with zero attached hydrogens (tertiary/aromatic N) is 1. The molecular weight excluding hydrogens is 607 g/mol. The zero-order valence-corrected chi connectivity index (χ0v) is 25.3. The van der Waals surface area contributed by atoms with Crippen LogP contribution < -0.4 is 0 Å². The van der Waals surface area contributed by atoms with Gasteiger partial charge in [0.15, 0.2) is 10.1 Å². The van der Waals surface area contributed by atoms with Gasteiger partial charge in [0, 0.05) is 38.5 Å². The summed E-state index contributed by atoms with van der Waals surface area (Å²) in [7, 11) is -6.09. The van der Waals surface area contributed by atoms with Crippen molar-refractivity contribution in [2.75, 3.05) is 13.1 Å². The number of benzene rings is 2. The van der Waals surface area contributed by atoms with Gasteiger partial charge in [0.05, 0.1) is 25.2 Å². The molecule has 12 heteroatoms. The highest BCUT2D eigenvalue weighted by Gasteiger charge is 2.57. The molecule has 2 aromatic rings. The third-order valence-corrected chi connectivity index (χ3v) is 10.8. The van der Waals surface area contributed by atoms with Gasteiger partial charge in [-0.1, -0.05) is 78.7 Å². The van der Waals surface area contributed by atoms with Crippen molar-refractivity contribution in [2.45, 2.75) is 92.6 Å². The minimum Gasteiger partial charge on any atom is -0.741 e. The van der Waals surface area contributed by atoms with Crippen molar-refractivity contribution in [3.63, 3.8) is 0 Å². The van der Waals surface area contributed by atoms with Crippen molar-refractivity contribution in [3.05, 3.63) is 71.8 Å². The van der Waals surface area contributed by atoms with Crippen LogP contribution in [0.5, 0.6) is 0 Å². The van der Waals surface area contributed by atoms with E-state index >= 15 is 0 Å². The highest BCUT2D eigenvalue weighted by atomic mass is 35.5. The summed E-state index contributed by atoms with van der Waals surface area (Å²) in [5, 5.41) is 0. The number of halogens is 4. The van der Waals surface area contributed by atoms with Gasteiger partial charge in [-0.3, -0.25) is 0 Å². The Morgan fingerprint density at radius 1 is 0.860 bits per heavy atom. The molecular formula is C31H37ClF3NO6S. The molecule has 236 valence electrons. The molecule has 3 heterocycles. The molecule has 0 aromatic heterocycles. The highest BCUT2D eigenvalue weighted by Crippen LogP contribution is 2.48. The minimum atomic E-state index is -6.09. The van der Waals surface area contributed by atoms with Crippen LogP contribution >= 0.6 is 11.6 Å². The highest BCUT2D eigenvalue weighted by molar-refractivity contribution is 7.86. The molecule has 0 radical (unpaired) electrons. The lowest BCUT2D eigenvalue weighted by Crippen LogP contribution is -2.60. The largest absolute Gasteiger partial charge is 0.741 e. The van der Waals surface area contributed by atoms with Gasteiger partial charge in [-0.25, -0.2) is 13.2 Å². The van der Waals surface area contributed by atoms with Crippen LogP contribution in [0.1, 0.15) is 68.9 Å². The summed E-state index contributed by atoms with van der Waals surface area (Å²) in [4.78, 5) is 14.3. The topological polar surface area (TPSA) is 92.7 Å². The molecule has 1 spiro atoms. The summed E-state index contributed by atoms with van der Waals surface area (Å²) in [5.41, 5.74) is -6.00. The smallest absolute Gasteiger partial charge is 0.485 e. The zero-order chi connectivity index (χ0) is 30.9. The molecule has 4 aliphatic rings. The van der Waals surface area contributed by atoms with Crippen molar-refractivity contribution in [1.29, 1.82) is 0 Å². The van der Waals surface area contributed by atoms with Crippen LogP contribution in [-0.2, 0) is 30.0 Å². The molecule has 4 fully saturated rings. The lowest BCUT2D eigenvalue weighted by molar-refractivity contribution is -0.956. The standard InChI is InChI=1S/C30H37ClNO3.CHF3O3S/c31-28(22-10-9-11-22)35-30(23-12-3-1-4-13-23,24-14-5-2-6-15-24)29(33)34-27-20-25-16-17-26(21-27)32(25)18-7-8-19-32;2-1(3,4)8(5,6)7/h1-6,12-15,22,25-28H,7-11,16-21H2;(H,5,6,7)/q+1;/p-1. The Kier molecular flexibility index (Phi) is 9.49. The number of carbonyl (C=O) groups is 1. The summed E-state index contributed by atoms with van der Waals surface area (Å²) in [6.07, 6.45) is 10.3. The minimum absolute atomic E-state index is 0.0581. The fourth-order valence-electron chi connectivity index (χ4n) is 7.44. The molecule has 0 amide bonds. The van der Waals surface area contributed by atoms with E-state index in [-0.39, 0.29) is 18.0 Å². The first-order valence-corrected chi connectivity index (χ1v) is 16.7. The molecule has 7 nitrogen and oxygen atoms in total. The first kappa shape index (κ1) is 32.2. The van der Waals surface area contributed by atoms with Crippen LogP contribution in [0.25, 0.3) is 0 Å². The van der Waals surface area contributed by atoms with Crippen molar-refractivity contribution in [2.24, 2.45) is 5.92 Å². The molecule has 3 atom stereocenters. The van der Waals surface area contributed by atoms with Gasteiger partial charge in [0.25, 0.3) is 0 Å². The first-order valence-electron chi connectivity index (χ1n) is 14.9. The summed E-state index contributed by atoms with van der Waals surface area (Å²) in [6, 6.07) is 20.9. The lowest BCUT2D eigenvalue weighted by Gasteiger charge is -2.47. The van der Waals surface area contributed by atoms with Gasteiger partial charge in [0.2, 0.25) is 5.60 Å². The fraction of sp³-hybridized carbons (Fsp3) is 0.581. The van der Waals surface area contributed by atoms with E-state index in [4.69, 9.17) is 34.0 Å². The predicted octanol–water partition coefficient (Wildman–Crippen LogP) is 6.21. The van der Waals surface area contributed by atoms with Crippen molar-refractivity contribution >= 4 is 27.7 Å². The molecule has 2 bridgehead atoms. The normalized spacial score (nSPS) is 25.8. The van der Waals surface area contributed by atoms with Gasteiger partial charge in [0.1, 0.15) is 11.7 Å². The first-order chi connectivity index (χ1) is 20.4. The number of rotatable bonds is 7. The van der Waals surface area contributed by atoms with E-state index in [0.717, 1.165) is 43.2 Å². The number of carbonyl (C=O) groups excluding carboxylic acids is 1. The quantitative estimate of drug-likeness (QED) is 0.117. The second-order valence-electron chi connectivity index (χ2n) is 12.1. The maximum atomic E-state index is 14.3. The number of hydrogen-bond acceptors (Lipinski definition) is 6. The van der Waals surface area contributed by atoms with E-state index in [9.17, 15) is 18.0 Å². The number of alkyl halides is 4. The second-order valence-corrected chi connectivity index (χ2v) is 13.9. The summed E-state index contributed by atoms with van der Waals surface area (Å²) >= 11 is 6.86. The van der Waals surface area contributed by atoms with Crippen LogP contribution in [0.2, 0.25) is 0 Å². The molecule has 0 N–H and O–H groups in total. The van der Waals surface area contributed by atoms with Crippen LogP contribution in [0.15, 0.2) is 60.7 Å². The Hall–Kier alpha value is -2.18. The van der Waals surface area contributed by atoms with Crippen LogP contribution in [0.4, 0.5) is 13.2 Å². The second kappa shape index (κ2) is 12.7. The predicted molar refractivity (Wildman–Crippen MR) is 153 cm³/mol. The van der Waals surface area contributed by atoms with E-state index in [2.05, 4.69) is 0 Å². The molecule has 43 heavy (non-hydrogen) atoms. The molecule has 3 saturated heterocycles. The average molecular weight is 644 g/mol. The lowest BCUT2D eigenvalue weighted by atomic mass is 9.83. The van der Waals surface area contributed by atoms with Crippen LogP contribution in [-0.4, -0.2) is 65.8 Å². The van der Waals surface area contributed by atoms with E-state index in [0.29, 0.717) is 12.1 Å². The summed E-state index contributed by atoms with van der Waals surface area (Å²) < 4.78 is 73.3.